The molecule has 0 aliphatic rings. The minimum atomic E-state index is -1.25. The highest BCUT2D eigenvalue weighted by Gasteiger charge is 2.23. The van der Waals surface area contributed by atoms with E-state index in [0.29, 0.717) is 5.69 Å². The highest BCUT2D eigenvalue weighted by atomic mass is 16.5. The number of para-hydroxylation sites is 2. The van der Waals surface area contributed by atoms with E-state index in [1.54, 1.807) is 30.3 Å². The number of carbonyl (C=O) groups is 3. The van der Waals surface area contributed by atoms with Crippen LogP contribution >= 0.6 is 0 Å². The summed E-state index contributed by atoms with van der Waals surface area (Å²) in [5, 5.41) is 14.5. The molecule has 0 aliphatic carbocycles. The SMILES string of the molecule is COc1cccc(C(=O)O[C@H](C)C(=O)NC(=O)Nc2ccccc2)c1O. The Bertz CT molecular complexity index is 807. The number of nitrogens with one attached hydrogen (secondary N) is 2. The number of phenols is 1. The van der Waals surface area contributed by atoms with Crippen LogP contribution in [0, 0.1) is 0 Å². The average molecular weight is 358 g/mol. The lowest BCUT2D eigenvalue weighted by Crippen LogP contribution is -2.41. The fraction of sp³-hybridized carbons (Fsp3) is 0.167. The van der Waals surface area contributed by atoms with Crippen molar-refractivity contribution >= 4 is 23.6 Å². The number of urea groups is 1. The Morgan fingerprint density at radius 1 is 1.04 bits per heavy atom. The van der Waals surface area contributed by atoms with Gasteiger partial charge in [0, 0.05) is 5.69 Å². The fourth-order valence-corrected chi connectivity index (χ4v) is 2.03. The van der Waals surface area contributed by atoms with Gasteiger partial charge in [0.1, 0.15) is 5.56 Å². The van der Waals surface area contributed by atoms with Gasteiger partial charge in [-0.25, -0.2) is 9.59 Å². The van der Waals surface area contributed by atoms with Crippen LogP contribution in [0.1, 0.15) is 17.3 Å². The number of aromatic hydroxyl groups is 1. The van der Waals surface area contributed by atoms with Gasteiger partial charge in [-0.05, 0) is 31.2 Å². The van der Waals surface area contributed by atoms with Crippen molar-refractivity contribution in [1.29, 1.82) is 0 Å². The van der Waals surface area contributed by atoms with E-state index >= 15 is 0 Å². The summed E-state index contributed by atoms with van der Waals surface area (Å²) in [4.78, 5) is 35.9. The Labute approximate surface area is 149 Å². The molecule has 0 fully saturated rings. The number of hydrogen-bond acceptors (Lipinski definition) is 6. The van der Waals surface area contributed by atoms with Crippen molar-refractivity contribution in [2.24, 2.45) is 0 Å². The van der Waals surface area contributed by atoms with Crippen LogP contribution in [0.3, 0.4) is 0 Å². The molecule has 2 rings (SSSR count). The zero-order chi connectivity index (χ0) is 19.1. The van der Waals surface area contributed by atoms with Crippen molar-refractivity contribution < 1.29 is 29.0 Å². The summed E-state index contributed by atoms with van der Waals surface area (Å²) in [5.41, 5.74) is 0.349. The molecule has 0 heterocycles. The Kier molecular flexibility index (Phi) is 6.15. The molecule has 0 radical (unpaired) electrons. The zero-order valence-electron chi connectivity index (χ0n) is 14.2. The minimum Gasteiger partial charge on any atom is -0.504 e. The Hall–Kier alpha value is -3.55. The number of hydrogen-bond donors (Lipinski definition) is 3. The molecule has 0 unspecified atom stereocenters. The van der Waals surface area contributed by atoms with Crippen molar-refractivity contribution in [3.05, 3.63) is 54.1 Å². The lowest BCUT2D eigenvalue weighted by Gasteiger charge is -2.14. The van der Waals surface area contributed by atoms with Crippen LogP contribution in [0.2, 0.25) is 0 Å². The van der Waals surface area contributed by atoms with Crippen LogP contribution in [0.5, 0.6) is 11.5 Å². The molecule has 0 aliphatic heterocycles. The third-order valence-electron chi connectivity index (χ3n) is 3.36. The topological polar surface area (TPSA) is 114 Å². The van der Waals surface area contributed by atoms with E-state index < -0.39 is 29.8 Å². The molecule has 136 valence electrons. The molecule has 8 nitrogen and oxygen atoms in total. The lowest BCUT2D eigenvalue weighted by molar-refractivity contribution is -0.127. The normalized spacial score (nSPS) is 11.2. The summed E-state index contributed by atoms with van der Waals surface area (Å²) in [5.74, 6) is -2.03. The number of anilines is 1. The molecule has 0 bridgehead atoms. The van der Waals surface area contributed by atoms with Gasteiger partial charge in [-0.15, -0.1) is 0 Å². The summed E-state index contributed by atoms with van der Waals surface area (Å²) >= 11 is 0. The van der Waals surface area contributed by atoms with Gasteiger partial charge < -0.3 is 19.9 Å². The molecule has 1 atom stereocenters. The quantitative estimate of drug-likeness (QED) is 0.707. The molecule has 2 aromatic rings. The first-order chi connectivity index (χ1) is 12.4. The molecule has 26 heavy (non-hydrogen) atoms. The van der Waals surface area contributed by atoms with Gasteiger partial charge in [0.15, 0.2) is 17.6 Å². The van der Waals surface area contributed by atoms with Gasteiger partial charge in [-0.3, -0.25) is 10.1 Å². The molecule has 3 N–H and O–H groups in total. The molecule has 0 saturated heterocycles. The second-order valence-electron chi connectivity index (χ2n) is 5.21. The van der Waals surface area contributed by atoms with Crippen LogP contribution in [-0.2, 0) is 9.53 Å². The van der Waals surface area contributed by atoms with E-state index in [1.807, 2.05) is 0 Å². The van der Waals surface area contributed by atoms with E-state index in [-0.39, 0.29) is 11.3 Å². The minimum absolute atomic E-state index is 0.0961. The van der Waals surface area contributed by atoms with E-state index in [9.17, 15) is 19.5 Å². The second kappa shape index (κ2) is 8.52. The number of imide groups is 1. The number of amides is 3. The maximum atomic E-state index is 12.1. The molecule has 3 amide bonds. The van der Waals surface area contributed by atoms with Crippen molar-refractivity contribution in [1.82, 2.24) is 5.32 Å². The maximum Gasteiger partial charge on any atom is 0.342 e. The van der Waals surface area contributed by atoms with Crippen molar-refractivity contribution in [2.75, 3.05) is 12.4 Å². The predicted molar refractivity (Wildman–Crippen MR) is 93.1 cm³/mol. The maximum absolute atomic E-state index is 12.1. The van der Waals surface area contributed by atoms with Gasteiger partial charge in [-0.2, -0.15) is 0 Å². The van der Waals surface area contributed by atoms with Gasteiger partial charge >= 0.3 is 12.0 Å². The fourth-order valence-electron chi connectivity index (χ4n) is 2.03. The number of esters is 1. The molecular weight excluding hydrogens is 340 g/mol. The Balaban J connectivity index is 1.94. The lowest BCUT2D eigenvalue weighted by atomic mass is 10.2. The molecule has 0 spiro atoms. The first-order valence-electron chi connectivity index (χ1n) is 7.66. The van der Waals surface area contributed by atoms with Crippen LogP contribution < -0.4 is 15.4 Å². The molecule has 0 saturated carbocycles. The summed E-state index contributed by atoms with van der Waals surface area (Å²) in [6.07, 6.45) is -1.25. The van der Waals surface area contributed by atoms with Crippen molar-refractivity contribution in [2.45, 2.75) is 13.0 Å². The summed E-state index contributed by atoms with van der Waals surface area (Å²) in [6, 6.07) is 12.1. The van der Waals surface area contributed by atoms with E-state index in [0.717, 1.165) is 0 Å². The molecule has 0 aromatic heterocycles. The van der Waals surface area contributed by atoms with Gasteiger partial charge in [0.05, 0.1) is 7.11 Å². The first-order valence-corrected chi connectivity index (χ1v) is 7.66. The van der Waals surface area contributed by atoms with Crippen molar-refractivity contribution in [3.63, 3.8) is 0 Å². The smallest absolute Gasteiger partial charge is 0.342 e. The molecular formula is C18H18N2O6. The number of methoxy groups -OCH3 is 1. The van der Waals surface area contributed by atoms with Gasteiger partial charge in [0.25, 0.3) is 5.91 Å². The van der Waals surface area contributed by atoms with E-state index in [1.165, 1.54) is 32.2 Å². The summed E-state index contributed by atoms with van der Waals surface area (Å²) < 4.78 is 9.89. The van der Waals surface area contributed by atoms with Crippen LogP contribution in [0.4, 0.5) is 10.5 Å². The highest BCUT2D eigenvalue weighted by molar-refractivity contribution is 6.03. The molecule has 8 heteroatoms. The van der Waals surface area contributed by atoms with Crippen LogP contribution in [-0.4, -0.2) is 36.2 Å². The standard InChI is InChI=1S/C18H18N2O6/c1-11(16(22)20-18(24)19-12-7-4-3-5-8-12)26-17(23)13-9-6-10-14(25-2)15(13)21/h3-11,21H,1-2H3,(H2,19,20,22,24)/t11-/m1/s1. The summed E-state index contributed by atoms with van der Waals surface area (Å²) in [6.45, 7) is 1.31. The van der Waals surface area contributed by atoms with Gasteiger partial charge in [-0.1, -0.05) is 24.3 Å². The number of rotatable bonds is 5. The van der Waals surface area contributed by atoms with Crippen LogP contribution in [0.25, 0.3) is 0 Å². The second-order valence-corrected chi connectivity index (χ2v) is 5.21. The van der Waals surface area contributed by atoms with Crippen molar-refractivity contribution in [3.8, 4) is 11.5 Å². The first kappa shape index (κ1) is 18.8. The number of ether oxygens (including phenoxy) is 2. The number of phenolic OH excluding ortho intramolecular Hbond substituents is 1. The largest absolute Gasteiger partial charge is 0.504 e. The highest BCUT2D eigenvalue weighted by Crippen LogP contribution is 2.29. The van der Waals surface area contributed by atoms with Crippen LogP contribution in [0.15, 0.2) is 48.5 Å². The summed E-state index contributed by atoms with van der Waals surface area (Å²) in [7, 11) is 1.34. The monoisotopic (exact) mass is 358 g/mol. The third-order valence-corrected chi connectivity index (χ3v) is 3.36. The zero-order valence-corrected chi connectivity index (χ0v) is 14.2. The van der Waals surface area contributed by atoms with Gasteiger partial charge in [0.2, 0.25) is 0 Å². The third kappa shape index (κ3) is 4.73. The Morgan fingerprint density at radius 2 is 1.73 bits per heavy atom. The van der Waals surface area contributed by atoms with E-state index in [4.69, 9.17) is 9.47 Å². The Morgan fingerprint density at radius 3 is 2.38 bits per heavy atom. The molecule has 2 aromatic carbocycles. The number of benzene rings is 2. The average Bonchev–Trinajstić information content (AvgIpc) is 2.62. The number of carbonyl (C=O) groups excluding carboxylic acids is 3. The van der Waals surface area contributed by atoms with E-state index in [2.05, 4.69) is 10.6 Å². The predicted octanol–water partition coefficient (Wildman–Crippen LogP) is 2.29.